The zero-order valence-electron chi connectivity index (χ0n) is 5.81. The molecule has 0 atom stereocenters. The van der Waals surface area contributed by atoms with E-state index in [1.807, 2.05) is 0 Å². The van der Waals surface area contributed by atoms with Crippen molar-refractivity contribution < 1.29 is 0 Å². The molecule has 0 unspecified atom stereocenters. The maximum atomic E-state index is 2.26. The van der Waals surface area contributed by atoms with Crippen molar-refractivity contribution in [1.82, 2.24) is 0 Å². The van der Waals surface area contributed by atoms with Crippen LogP contribution in [0.15, 0.2) is 18.2 Å². The van der Waals surface area contributed by atoms with Gasteiger partial charge in [-0.1, -0.05) is 0 Å². The quantitative estimate of drug-likeness (QED) is 0.614. The number of hydrogen-bond donors (Lipinski definition) is 0. The SMILES string of the molecule is Cc1cc(C)c[c]([BiH2])c1. The Morgan fingerprint density at radius 1 is 1.00 bits per heavy atom. The molecule has 0 spiro atoms. The first kappa shape index (κ1) is 7.21. The third kappa shape index (κ3) is 2.06. The Labute approximate surface area is 71.1 Å². The van der Waals surface area contributed by atoms with Crippen molar-refractivity contribution in [3.8, 4) is 0 Å². The fourth-order valence-electron chi connectivity index (χ4n) is 1.01. The molecule has 48 valence electrons. The van der Waals surface area contributed by atoms with Crippen LogP contribution >= 0.6 is 0 Å². The van der Waals surface area contributed by atoms with Crippen LogP contribution in [0, 0.1) is 13.8 Å². The molecule has 0 saturated heterocycles. The van der Waals surface area contributed by atoms with Crippen LogP contribution in [-0.4, -0.2) is 24.7 Å². The van der Waals surface area contributed by atoms with Crippen molar-refractivity contribution >= 4 is 28.0 Å². The second kappa shape index (κ2) is 2.79. The molecule has 0 N–H and O–H groups in total. The second-order valence-electron chi connectivity index (χ2n) is 2.42. The van der Waals surface area contributed by atoms with Crippen LogP contribution in [0.25, 0.3) is 0 Å². The summed E-state index contributed by atoms with van der Waals surface area (Å²) in [6.45, 7) is 4.30. The molecule has 0 aliphatic carbocycles. The number of benzene rings is 1. The average molecular weight is 316 g/mol. The molecule has 0 fully saturated rings. The Morgan fingerprint density at radius 2 is 1.44 bits per heavy atom. The van der Waals surface area contributed by atoms with Crippen molar-refractivity contribution in [2.75, 3.05) is 0 Å². The normalized spacial score (nSPS) is 9.67. The first-order valence-corrected chi connectivity index (χ1v) is 5.27. The summed E-state index contributed by atoms with van der Waals surface area (Å²) >= 11 is 0.980. The molecule has 0 bridgehead atoms. The molecule has 9 heavy (non-hydrogen) atoms. The summed E-state index contributed by atoms with van der Waals surface area (Å²) in [6, 6.07) is 6.74. The van der Waals surface area contributed by atoms with Crippen LogP contribution in [0.5, 0.6) is 0 Å². The van der Waals surface area contributed by atoms with Crippen LogP contribution in [-0.2, 0) is 0 Å². The summed E-state index contributed by atoms with van der Waals surface area (Å²) in [5.74, 6) is 0. The van der Waals surface area contributed by atoms with Crippen molar-refractivity contribution in [3.63, 3.8) is 0 Å². The molecule has 0 heterocycles. The summed E-state index contributed by atoms with van der Waals surface area (Å²) < 4.78 is 1.52. The summed E-state index contributed by atoms with van der Waals surface area (Å²) in [7, 11) is 0. The van der Waals surface area contributed by atoms with Gasteiger partial charge in [0.1, 0.15) is 0 Å². The zero-order chi connectivity index (χ0) is 6.85. The van der Waals surface area contributed by atoms with Gasteiger partial charge in [0.25, 0.3) is 0 Å². The van der Waals surface area contributed by atoms with Gasteiger partial charge < -0.3 is 0 Å². The van der Waals surface area contributed by atoms with E-state index in [1.54, 1.807) is 0 Å². The van der Waals surface area contributed by atoms with E-state index in [9.17, 15) is 0 Å². The van der Waals surface area contributed by atoms with Crippen LogP contribution in [0.4, 0.5) is 0 Å². The van der Waals surface area contributed by atoms with Crippen molar-refractivity contribution in [1.29, 1.82) is 0 Å². The Bertz CT molecular complexity index is 165. The molecule has 0 amide bonds. The van der Waals surface area contributed by atoms with E-state index in [0.29, 0.717) is 0 Å². The molecule has 1 aromatic rings. The van der Waals surface area contributed by atoms with Gasteiger partial charge in [-0.15, -0.1) is 0 Å². The molecule has 1 heteroatoms. The fourth-order valence-corrected chi connectivity index (χ4v) is 3.05. The first-order chi connectivity index (χ1) is 4.18. The third-order valence-electron chi connectivity index (χ3n) is 1.24. The van der Waals surface area contributed by atoms with Gasteiger partial charge in [0.15, 0.2) is 0 Å². The van der Waals surface area contributed by atoms with E-state index in [1.165, 1.54) is 14.4 Å². The van der Waals surface area contributed by atoms with E-state index in [4.69, 9.17) is 0 Å². The van der Waals surface area contributed by atoms with E-state index in [0.717, 1.165) is 24.7 Å². The molecule has 1 aromatic carbocycles. The molecule has 1 rings (SSSR count). The standard InChI is InChI=1S/C8H9.Bi.2H/c1-7-4-3-5-8(2)6-7;;;/h4-6H,1-2H3;;;. The predicted molar refractivity (Wildman–Crippen MR) is 44.1 cm³/mol. The minimum absolute atomic E-state index is 0.980. The zero-order valence-corrected chi connectivity index (χ0v) is 10.3. The van der Waals surface area contributed by atoms with E-state index in [-0.39, 0.29) is 0 Å². The topological polar surface area (TPSA) is 0 Å². The number of hydrogen-bond acceptors (Lipinski definition) is 0. The summed E-state index contributed by atoms with van der Waals surface area (Å²) in [6.07, 6.45) is 0. The number of aryl methyl sites for hydroxylation is 2. The Hall–Kier alpha value is 0.103. The molecular weight excluding hydrogens is 305 g/mol. The van der Waals surface area contributed by atoms with Gasteiger partial charge in [-0.3, -0.25) is 0 Å². The Morgan fingerprint density at radius 3 is 1.78 bits per heavy atom. The van der Waals surface area contributed by atoms with Crippen LogP contribution < -0.4 is 3.27 Å². The van der Waals surface area contributed by atoms with Gasteiger partial charge in [-0.25, -0.2) is 0 Å². The van der Waals surface area contributed by atoms with Gasteiger partial charge in [0.2, 0.25) is 0 Å². The van der Waals surface area contributed by atoms with Crippen LogP contribution in [0.3, 0.4) is 0 Å². The summed E-state index contributed by atoms with van der Waals surface area (Å²) in [5.41, 5.74) is 2.79. The maximum absolute atomic E-state index is 2.26. The number of rotatable bonds is 0. The van der Waals surface area contributed by atoms with E-state index >= 15 is 0 Å². The van der Waals surface area contributed by atoms with Gasteiger partial charge in [-0.2, -0.15) is 0 Å². The monoisotopic (exact) mass is 316 g/mol. The summed E-state index contributed by atoms with van der Waals surface area (Å²) in [5, 5.41) is 0. The van der Waals surface area contributed by atoms with Gasteiger partial charge in [0.05, 0.1) is 0 Å². The fraction of sp³-hybridized carbons (Fsp3) is 0.250. The average Bonchev–Trinajstić information content (AvgIpc) is 1.59. The van der Waals surface area contributed by atoms with E-state index in [2.05, 4.69) is 32.0 Å². The molecule has 0 aromatic heterocycles. The molecule has 0 radical (unpaired) electrons. The minimum atomic E-state index is 0.980. The van der Waals surface area contributed by atoms with Gasteiger partial charge in [0, 0.05) is 0 Å². The summed E-state index contributed by atoms with van der Waals surface area (Å²) in [4.78, 5) is 0. The second-order valence-corrected chi connectivity index (χ2v) is 5.01. The van der Waals surface area contributed by atoms with Crippen LogP contribution in [0.2, 0.25) is 0 Å². The van der Waals surface area contributed by atoms with E-state index < -0.39 is 0 Å². The third-order valence-corrected chi connectivity index (χ3v) is 2.54. The van der Waals surface area contributed by atoms with Crippen molar-refractivity contribution in [2.45, 2.75) is 13.8 Å². The Balaban J connectivity index is 3.17. The van der Waals surface area contributed by atoms with Gasteiger partial charge in [-0.05, 0) is 0 Å². The Kier molecular flexibility index (Phi) is 2.24. The van der Waals surface area contributed by atoms with Crippen molar-refractivity contribution in [3.05, 3.63) is 29.3 Å². The van der Waals surface area contributed by atoms with Crippen molar-refractivity contribution in [2.24, 2.45) is 0 Å². The molecule has 0 aliphatic rings. The molecule has 0 aliphatic heterocycles. The molecule has 0 saturated carbocycles. The molecule has 0 nitrogen and oxygen atoms in total. The van der Waals surface area contributed by atoms with Crippen LogP contribution in [0.1, 0.15) is 11.1 Å². The van der Waals surface area contributed by atoms with Gasteiger partial charge >= 0.3 is 71.2 Å². The first-order valence-electron chi connectivity index (χ1n) is 3.02. The predicted octanol–water partition coefficient (Wildman–Crippen LogP) is 0.562. The molecular formula is C8H11Bi.